The monoisotopic (exact) mass is 313 g/mol. The van der Waals surface area contributed by atoms with Gasteiger partial charge in [-0.15, -0.1) is 0 Å². The summed E-state index contributed by atoms with van der Waals surface area (Å²) in [5.41, 5.74) is 1.17. The molecule has 0 aromatic carbocycles. The maximum atomic E-state index is 13.2. The molecule has 4 nitrogen and oxygen atoms in total. The molecule has 1 aliphatic heterocycles. The highest BCUT2D eigenvalue weighted by Gasteiger charge is 2.51. The summed E-state index contributed by atoms with van der Waals surface area (Å²) in [7, 11) is 0. The van der Waals surface area contributed by atoms with Crippen molar-refractivity contribution in [1.29, 1.82) is 0 Å². The van der Waals surface area contributed by atoms with Crippen molar-refractivity contribution in [3.05, 3.63) is 18.2 Å². The number of rotatable bonds is 2. The first-order valence-electron chi connectivity index (χ1n) is 9.55. The summed E-state index contributed by atoms with van der Waals surface area (Å²) in [5, 5.41) is 0. The number of likely N-dealkylation sites (tertiary alicyclic amines) is 1. The van der Waals surface area contributed by atoms with Crippen LogP contribution in [0.3, 0.4) is 0 Å². The van der Waals surface area contributed by atoms with Crippen LogP contribution < -0.4 is 0 Å². The molecule has 0 unspecified atom stereocenters. The highest BCUT2D eigenvalue weighted by atomic mass is 16.2. The summed E-state index contributed by atoms with van der Waals surface area (Å²) in [5.74, 6) is 4.72. The van der Waals surface area contributed by atoms with Crippen molar-refractivity contribution in [2.45, 2.75) is 50.9 Å². The number of amides is 1. The molecular weight excluding hydrogens is 286 g/mol. The van der Waals surface area contributed by atoms with E-state index in [1.807, 2.05) is 6.20 Å². The van der Waals surface area contributed by atoms with Crippen LogP contribution in [0, 0.1) is 29.6 Å². The minimum absolute atomic E-state index is 0.365. The second-order valence-corrected chi connectivity index (χ2v) is 8.55. The molecule has 2 heterocycles. The first kappa shape index (κ1) is 14.1. The Bertz CT molecular complexity index is 545. The van der Waals surface area contributed by atoms with Crippen molar-refractivity contribution in [1.82, 2.24) is 14.9 Å². The smallest absolute Gasteiger partial charge is 0.226 e. The van der Waals surface area contributed by atoms with E-state index < -0.39 is 0 Å². The lowest BCUT2D eigenvalue weighted by Crippen LogP contribution is -2.53. The molecule has 4 heteroatoms. The molecule has 1 aromatic heterocycles. The molecule has 1 aromatic rings. The summed E-state index contributed by atoms with van der Waals surface area (Å²) in [6, 6.07) is 0. The largest absolute Gasteiger partial charge is 0.351 e. The van der Waals surface area contributed by atoms with Crippen molar-refractivity contribution < 1.29 is 4.79 Å². The van der Waals surface area contributed by atoms with E-state index in [-0.39, 0.29) is 0 Å². The quantitative estimate of drug-likeness (QED) is 0.911. The van der Waals surface area contributed by atoms with Gasteiger partial charge in [0.15, 0.2) is 0 Å². The molecule has 23 heavy (non-hydrogen) atoms. The molecule has 0 radical (unpaired) electrons. The van der Waals surface area contributed by atoms with E-state index in [0.717, 1.165) is 37.8 Å². The number of hydrogen-bond acceptors (Lipinski definition) is 2. The van der Waals surface area contributed by atoms with Gasteiger partial charge in [-0.1, -0.05) is 0 Å². The fourth-order valence-corrected chi connectivity index (χ4v) is 6.43. The lowest BCUT2D eigenvalue weighted by atomic mass is 9.51. The molecule has 5 aliphatic rings. The van der Waals surface area contributed by atoms with Gasteiger partial charge in [-0.25, -0.2) is 4.98 Å². The Morgan fingerprint density at radius 1 is 1.04 bits per heavy atom. The molecule has 1 N–H and O–H groups in total. The summed E-state index contributed by atoms with van der Waals surface area (Å²) in [6.45, 7) is 1.86. The molecule has 4 bridgehead atoms. The van der Waals surface area contributed by atoms with Gasteiger partial charge >= 0.3 is 0 Å². The molecule has 1 amide bonds. The number of H-pyrrole nitrogens is 1. The molecular formula is C19H27N3O. The standard InChI is InChI=1S/C19H27N3O/c23-19(18-15-6-12-5-13(8-15)9-16(18)7-12)22-3-1-14(2-4-22)17-10-20-11-21-17/h10-16,18H,1-9H2,(H,20,21). The molecule has 124 valence electrons. The Labute approximate surface area is 138 Å². The third-order valence-electron chi connectivity index (χ3n) is 7.26. The van der Waals surface area contributed by atoms with Gasteiger partial charge in [0.25, 0.3) is 0 Å². The first-order valence-corrected chi connectivity index (χ1v) is 9.55. The summed E-state index contributed by atoms with van der Waals surface area (Å²) < 4.78 is 0. The van der Waals surface area contributed by atoms with Crippen molar-refractivity contribution in [3.63, 3.8) is 0 Å². The number of imidazole rings is 1. The lowest BCUT2D eigenvalue weighted by molar-refractivity contribution is -0.150. The molecule has 6 rings (SSSR count). The minimum atomic E-state index is 0.365. The van der Waals surface area contributed by atoms with Gasteiger partial charge < -0.3 is 9.88 Å². The zero-order chi connectivity index (χ0) is 15.4. The number of nitrogens with one attached hydrogen (secondary N) is 1. The van der Waals surface area contributed by atoms with Gasteiger partial charge in [0.2, 0.25) is 5.91 Å². The van der Waals surface area contributed by atoms with Gasteiger partial charge in [0.05, 0.1) is 12.0 Å². The second kappa shape index (κ2) is 5.35. The zero-order valence-corrected chi connectivity index (χ0v) is 13.8. The van der Waals surface area contributed by atoms with Crippen LogP contribution in [-0.2, 0) is 4.79 Å². The van der Waals surface area contributed by atoms with E-state index in [9.17, 15) is 4.79 Å². The van der Waals surface area contributed by atoms with E-state index in [1.54, 1.807) is 6.33 Å². The average molecular weight is 313 g/mol. The predicted molar refractivity (Wildman–Crippen MR) is 87.7 cm³/mol. The van der Waals surface area contributed by atoms with Crippen LogP contribution in [0.1, 0.15) is 56.6 Å². The van der Waals surface area contributed by atoms with E-state index in [1.165, 1.54) is 37.8 Å². The first-order chi connectivity index (χ1) is 11.3. The normalized spacial score (nSPS) is 39.8. The third-order valence-corrected chi connectivity index (χ3v) is 7.26. The Morgan fingerprint density at radius 2 is 1.70 bits per heavy atom. The van der Waals surface area contributed by atoms with E-state index >= 15 is 0 Å². The van der Waals surface area contributed by atoms with Crippen LogP contribution in [0.25, 0.3) is 0 Å². The number of nitrogens with zero attached hydrogens (tertiary/aromatic N) is 2. The Morgan fingerprint density at radius 3 is 2.26 bits per heavy atom. The highest BCUT2D eigenvalue weighted by molar-refractivity contribution is 5.80. The van der Waals surface area contributed by atoms with Crippen LogP contribution in [0.2, 0.25) is 0 Å². The molecule has 4 aliphatic carbocycles. The molecule has 5 fully saturated rings. The van der Waals surface area contributed by atoms with Gasteiger partial charge in [-0.2, -0.15) is 0 Å². The van der Waals surface area contributed by atoms with Gasteiger partial charge in [-0.3, -0.25) is 4.79 Å². The number of piperidine rings is 1. The number of aromatic nitrogens is 2. The minimum Gasteiger partial charge on any atom is -0.351 e. The van der Waals surface area contributed by atoms with Crippen molar-refractivity contribution in [3.8, 4) is 0 Å². The van der Waals surface area contributed by atoms with E-state index in [4.69, 9.17) is 0 Å². The lowest BCUT2D eigenvalue weighted by Gasteiger charge is -2.54. The van der Waals surface area contributed by atoms with Gasteiger partial charge in [-0.05, 0) is 68.6 Å². The highest BCUT2D eigenvalue weighted by Crippen LogP contribution is 2.57. The summed E-state index contributed by atoms with van der Waals surface area (Å²) in [4.78, 5) is 22.8. The van der Waals surface area contributed by atoms with Crippen molar-refractivity contribution in [2.75, 3.05) is 13.1 Å². The number of hydrogen-bond donors (Lipinski definition) is 1. The summed E-state index contributed by atoms with van der Waals surface area (Å²) >= 11 is 0. The number of carbonyl (C=O) groups excluding carboxylic acids is 1. The predicted octanol–water partition coefficient (Wildman–Crippen LogP) is 3.19. The number of aromatic amines is 1. The summed E-state index contributed by atoms with van der Waals surface area (Å²) in [6.07, 6.45) is 12.7. The fourth-order valence-electron chi connectivity index (χ4n) is 6.43. The molecule has 0 atom stereocenters. The van der Waals surface area contributed by atoms with Gasteiger partial charge in [0, 0.05) is 31.1 Å². The van der Waals surface area contributed by atoms with Crippen LogP contribution in [-0.4, -0.2) is 33.9 Å². The Hall–Kier alpha value is -1.32. The van der Waals surface area contributed by atoms with Crippen molar-refractivity contribution in [2.24, 2.45) is 29.6 Å². The van der Waals surface area contributed by atoms with Gasteiger partial charge in [0.1, 0.15) is 0 Å². The second-order valence-electron chi connectivity index (χ2n) is 8.55. The van der Waals surface area contributed by atoms with Crippen LogP contribution in [0.5, 0.6) is 0 Å². The Kier molecular flexibility index (Phi) is 3.27. The maximum Gasteiger partial charge on any atom is 0.226 e. The van der Waals surface area contributed by atoms with E-state index in [0.29, 0.717) is 29.6 Å². The topological polar surface area (TPSA) is 49.0 Å². The third kappa shape index (κ3) is 2.33. The van der Waals surface area contributed by atoms with E-state index in [2.05, 4.69) is 14.9 Å². The molecule has 0 spiro atoms. The van der Waals surface area contributed by atoms with Crippen LogP contribution in [0.4, 0.5) is 0 Å². The fraction of sp³-hybridized carbons (Fsp3) is 0.789. The van der Waals surface area contributed by atoms with Crippen LogP contribution in [0.15, 0.2) is 12.5 Å². The van der Waals surface area contributed by atoms with Crippen LogP contribution >= 0.6 is 0 Å². The molecule has 4 saturated carbocycles. The van der Waals surface area contributed by atoms with Crippen molar-refractivity contribution >= 4 is 5.91 Å². The maximum absolute atomic E-state index is 13.2. The molecule has 1 saturated heterocycles. The number of carbonyl (C=O) groups is 1. The Balaban J connectivity index is 1.25. The average Bonchev–Trinajstić information content (AvgIpc) is 3.08. The zero-order valence-electron chi connectivity index (χ0n) is 13.8. The SMILES string of the molecule is O=C(C1C2CC3CC(C2)CC1C3)N1CCC(c2c[nH]cn2)CC1.